The van der Waals surface area contributed by atoms with E-state index in [1.165, 1.54) is 4.90 Å². The summed E-state index contributed by atoms with van der Waals surface area (Å²) in [6.45, 7) is 8.05. The van der Waals surface area contributed by atoms with Crippen molar-refractivity contribution in [3.63, 3.8) is 0 Å². The highest BCUT2D eigenvalue weighted by Gasteiger charge is 2.41. The van der Waals surface area contributed by atoms with Crippen LogP contribution in [0.4, 0.5) is 0 Å². The molecule has 1 aromatic heterocycles. The molecule has 2 heterocycles. The molecule has 0 saturated carbocycles. The van der Waals surface area contributed by atoms with Crippen LogP contribution in [0.5, 0.6) is 0 Å². The van der Waals surface area contributed by atoms with Crippen molar-refractivity contribution in [1.29, 1.82) is 0 Å². The topological polar surface area (TPSA) is 112 Å². The maximum absolute atomic E-state index is 13.3. The molecule has 0 aliphatic carbocycles. The molecule has 0 bridgehead atoms. The van der Waals surface area contributed by atoms with Crippen molar-refractivity contribution in [3.05, 3.63) is 41.0 Å². The molecule has 1 aliphatic heterocycles. The second kappa shape index (κ2) is 11.6. The summed E-state index contributed by atoms with van der Waals surface area (Å²) < 4.78 is 0. The molecule has 3 unspecified atom stereocenters. The van der Waals surface area contributed by atoms with Gasteiger partial charge in [-0.1, -0.05) is 45.0 Å². The number of carbonyl (C=O) groups excluding carboxylic acids is 3. The molecular formula is C25H34N4O4S. The van der Waals surface area contributed by atoms with Gasteiger partial charge in [0.2, 0.25) is 17.7 Å². The summed E-state index contributed by atoms with van der Waals surface area (Å²) in [6, 6.07) is 6.44. The Hall–Kier alpha value is -2.78. The molecule has 3 N–H and O–H groups in total. The van der Waals surface area contributed by atoms with Gasteiger partial charge in [0.25, 0.3) is 0 Å². The molecule has 0 spiro atoms. The Morgan fingerprint density at radius 3 is 2.53 bits per heavy atom. The fraction of sp³-hybridized carbons (Fsp3) is 0.520. The average molecular weight is 487 g/mol. The number of benzene rings is 1. The Bertz CT molecular complexity index is 1000. The zero-order valence-corrected chi connectivity index (χ0v) is 21.0. The molecule has 1 saturated heterocycles. The van der Waals surface area contributed by atoms with Crippen molar-refractivity contribution in [3.8, 4) is 10.4 Å². The number of aliphatic hydroxyl groups is 1. The van der Waals surface area contributed by atoms with Crippen molar-refractivity contribution in [2.75, 3.05) is 6.54 Å². The number of thiazole rings is 1. The highest BCUT2D eigenvalue weighted by atomic mass is 32.1. The fourth-order valence-corrected chi connectivity index (χ4v) is 4.97. The first kappa shape index (κ1) is 25.8. The summed E-state index contributed by atoms with van der Waals surface area (Å²) in [5, 5.41) is 15.9. The Kier molecular flexibility index (Phi) is 8.79. The molecule has 34 heavy (non-hydrogen) atoms. The van der Waals surface area contributed by atoms with Crippen LogP contribution in [0.25, 0.3) is 10.4 Å². The molecule has 8 nitrogen and oxygen atoms in total. The van der Waals surface area contributed by atoms with Crippen molar-refractivity contribution in [2.45, 2.75) is 71.7 Å². The largest absolute Gasteiger partial charge is 0.391 e. The van der Waals surface area contributed by atoms with E-state index < -0.39 is 18.2 Å². The van der Waals surface area contributed by atoms with Crippen LogP contribution in [0.3, 0.4) is 0 Å². The lowest BCUT2D eigenvalue weighted by Crippen LogP contribution is -2.53. The number of likely N-dealkylation sites (tertiary alicyclic amines) is 1. The lowest BCUT2D eigenvalue weighted by Gasteiger charge is -2.29. The Labute approximate surface area is 204 Å². The van der Waals surface area contributed by atoms with Gasteiger partial charge in [-0.3, -0.25) is 14.4 Å². The van der Waals surface area contributed by atoms with E-state index in [-0.39, 0.29) is 43.0 Å². The van der Waals surface area contributed by atoms with Crippen molar-refractivity contribution >= 4 is 29.1 Å². The summed E-state index contributed by atoms with van der Waals surface area (Å²) in [7, 11) is 0. The monoisotopic (exact) mass is 486 g/mol. The molecule has 2 aromatic rings. The Balaban J connectivity index is 1.65. The van der Waals surface area contributed by atoms with Gasteiger partial charge in [0, 0.05) is 25.9 Å². The lowest BCUT2D eigenvalue weighted by molar-refractivity contribution is -0.141. The summed E-state index contributed by atoms with van der Waals surface area (Å²) in [4.78, 5) is 45.0. The molecule has 3 rings (SSSR count). The van der Waals surface area contributed by atoms with E-state index >= 15 is 0 Å². The molecule has 1 fully saturated rings. The van der Waals surface area contributed by atoms with Gasteiger partial charge in [0.15, 0.2) is 0 Å². The molecule has 184 valence electrons. The third kappa shape index (κ3) is 6.42. The van der Waals surface area contributed by atoms with Crippen LogP contribution >= 0.6 is 11.3 Å². The number of aromatic nitrogens is 1. The van der Waals surface area contributed by atoms with E-state index in [1.807, 2.05) is 50.5 Å². The normalized spacial score (nSPS) is 18.7. The number of rotatable bonds is 9. The molecule has 3 atom stereocenters. The van der Waals surface area contributed by atoms with Crippen LogP contribution in [-0.2, 0) is 20.9 Å². The predicted octanol–water partition coefficient (Wildman–Crippen LogP) is 2.64. The molecule has 1 aromatic carbocycles. The SMILES string of the molecule is CCC(=O)NC(CC(C)C)C(=O)N1CC(O)CC1C(=O)NCc1ccc(-c2scnc2C)cc1. The average Bonchev–Trinajstić information content (AvgIpc) is 3.41. The maximum Gasteiger partial charge on any atom is 0.245 e. The highest BCUT2D eigenvalue weighted by Crippen LogP contribution is 2.27. The Morgan fingerprint density at radius 2 is 1.94 bits per heavy atom. The highest BCUT2D eigenvalue weighted by molar-refractivity contribution is 7.13. The van der Waals surface area contributed by atoms with Gasteiger partial charge in [0.05, 0.1) is 22.2 Å². The number of hydrogen-bond donors (Lipinski definition) is 3. The van der Waals surface area contributed by atoms with Crippen molar-refractivity contribution in [2.24, 2.45) is 5.92 Å². The summed E-state index contributed by atoms with van der Waals surface area (Å²) in [5.74, 6) is -0.659. The van der Waals surface area contributed by atoms with Crippen LogP contribution in [0, 0.1) is 12.8 Å². The summed E-state index contributed by atoms with van der Waals surface area (Å²) in [5.41, 5.74) is 4.82. The predicted molar refractivity (Wildman–Crippen MR) is 132 cm³/mol. The van der Waals surface area contributed by atoms with Crippen LogP contribution < -0.4 is 10.6 Å². The quantitative estimate of drug-likeness (QED) is 0.505. The van der Waals surface area contributed by atoms with Crippen LogP contribution in [0.15, 0.2) is 29.8 Å². The second-order valence-electron chi connectivity index (χ2n) is 9.18. The van der Waals surface area contributed by atoms with E-state index in [0.29, 0.717) is 13.0 Å². The number of hydrogen-bond acceptors (Lipinski definition) is 6. The van der Waals surface area contributed by atoms with Gasteiger partial charge < -0.3 is 20.6 Å². The minimum atomic E-state index is -0.775. The third-order valence-electron chi connectivity index (χ3n) is 5.95. The van der Waals surface area contributed by atoms with Gasteiger partial charge in [-0.05, 0) is 30.4 Å². The maximum atomic E-state index is 13.3. The molecule has 0 radical (unpaired) electrons. The first-order valence-corrected chi connectivity index (χ1v) is 12.6. The van der Waals surface area contributed by atoms with Crippen LogP contribution in [0.1, 0.15) is 51.3 Å². The minimum Gasteiger partial charge on any atom is -0.391 e. The first-order valence-electron chi connectivity index (χ1n) is 11.7. The number of nitrogens with zero attached hydrogens (tertiary/aromatic N) is 2. The Morgan fingerprint density at radius 1 is 1.24 bits per heavy atom. The van der Waals surface area contributed by atoms with Crippen molar-refractivity contribution in [1.82, 2.24) is 20.5 Å². The number of nitrogens with one attached hydrogen (secondary N) is 2. The molecule has 1 aliphatic rings. The standard InChI is InChI=1S/C25H34N4O4S/c1-5-22(31)28-20(10-15(2)3)25(33)29-13-19(30)11-21(29)24(32)26-12-17-6-8-18(9-7-17)23-16(4)27-14-34-23/h6-9,14-15,19-21,30H,5,10-13H2,1-4H3,(H,26,32)(H,28,31). The minimum absolute atomic E-state index is 0.0798. The zero-order chi connectivity index (χ0) is 24.8. The van der Waals surface area contributed by atoms with E-state index in [9.17, 15) is 19.5 Å². The van der Waals surface area contributed by atoms with Gasteiger partial charge >= 0.3 is 0 Å². The molecule has 9 heteroatoms. The second-order valence-corrected chi connectivity index (χ2v) is 10.0. The summed E-state index contributed by atoms with van der Waals surface area (Å²) in [6.07, 6.45) is 0.146. The first-order chi connectivity index (χ1) is 16.2. The van der Waals surface area contributed by atoms with Crippen molar-refractivity contribution < 1.29 is 19.5 Å². The van der Waals surface area contributed by atoms with Gasteiger partial charge in [-0.2, -0.15) is 0 Å². The van der Waals surface area contributed by atoms with E-state index in [4.69, 9.17) is 0 Å². The number of carbonyl (C=O) groups is 3. The third-order valence-corrected chi connectivity index (χ3v) is 6.93. The fourth-order valence-electron chi connectivity index (χ4n) is 4.16. The lowest BCUT2D eigenvalue weighted by atomic mass is 10.0. The number of aryl methyl sites for hydroxylation is 1. The van der Waals surface area contributed by atoms with Crippen LogP contribution in [-0.4, -0.2) is 57.4 Å². The number of aliphatic hydroxyl groups excluding tert-OH is 1. The van der Waals surface area contributed by atoms with E-state index in [0.717, 1.165) is 21.7 Å². The van der Waals surface area contributed by atoms with E-state index in [2.05, 4.69) is 15.6 Å². The van der Waals surface area contributed by atoms with Gasteiger partial charge in [-0.25, -0.2) is 4.98 Å². The summed E-state index contributed by atoms with van der Waals surface area (Å²) >= 11 is 1.59. The number of β-amino-alcohol motifs (C(OH)–C–C–N with tert-alkyl or cyclic N) is 1. The molecular weight excluding hydrogens is 452 g/mol. The number of amides is 3. The van der Waals surface area contributed by atoms with Gasteiger partial charge in [0.1, 0.15) is 12.1 Å². The van der Waals surface area contributed by atoms with Gasteiger partial charge in [-0.15, -0.1) is 11.3 Å². The molecule has 3 amide bonds. The smallest absolute Gasteiger partial charge is 0.245 e. The van der Waals surface area contributed by atoms with Crippen LogP contribution in [0.2, 0.25) is 0 Å². The zero-order valence-electron chi connectivity index (χ0n) is 20.2. The van der Waals surface area contributed by atoms with E-state index in [1.54, 1.807) is 18.3 Å².